The first-order valence-electron chi connectivity index (χ1n) is 5.63. The second-order valence-corrected chi connectivity index (χ2v) is 3.93. The molecular formula is C12H17N3O3. The van der Waals surface area contributed by atoms with Crippen LogP contribution in [0.25, 0.3) is 11.0 Å². The summed E-state index contributed by atoms with van der Waals surface area (Å²) in [6.07, 6.45) is 0. The lowest BCUT2D eigenvalue weighted by Crippen LogP contribution is -2.22. The number of benzene rings is 1. The Kier molecular flexibility index (Phi) is 3.57. The Morgan fingerprint density at radius 3 is 2.56 bits per heavy atom. The average Bonchev–Trinajstić information content (AvgIpc) is 2.80. The summed E-state index contributed by atoms with van der Waals surface area (Å²) in [5, 5.41) is 8.91. The number of fused-ring (bicyclic) bond motifs is 1. The molecule has 6 nitrogen and oxygen atoms in total. The maximum atomic E-state index is 8.91. The molecule has 0 unspecified atom stereocenters. The van der Waals surface area contributed by atoms with Crippen molar-refractivity contribution in [2.45, 2.75) is 0 Å². The summed E-state index contributed by atoms with van der Waals surface area (Å²) in [6, 6.07) is 3.67. The number of ether oxygens (including phenoxy) is 2. The highest BCUT2D eigenvalue weighted by Gasteiger charge is 2.11. The minimum Gasteiger partial charge on any atom is -0.493 e. The van der Waals surface area contributed by atoms with Gasteiger partial charge in [-0.2, -0.15) is 0 Å². The minimum atomic E-state index is 0.0835. The van der Waals surface area contributed by atoms with E-state index in [2.05, 4.69) is 9.97 Å². The normalized spacial score (nSPS) is 10.7. The summed E-state index contributed by atoms with van der Waals surface area (Å²) in [5.74, 6) is 2.01. The number of H-pyrrole nitrogens is 1. The van der Waals surface area contributed by atoms with E-state index in [9.17, 15) is 0 Å². The first-order chi connectivity index (χ1) is 8.69. The molecule has 0 aliphatic heterocycles. The number of likely N-dealkylation sites (N-methyl/N-ethyl adjacent to an activating group) is 1. The number of aromatic amines is 1. The molecule has 0 aliphatic rings. The molecule has 0 spiro atoms. The Balaban J connectivity index is 2.44. The second kappa shape index (κ2) is 5.14. The Morgan fingerprint density at radius 2 is 1.94 bits per heavy atom. The number of aliphatic hydroxyl groups is 1. The number of anilines is 1. The van der Waals surface area contributed by atoms with Gasteiger partial charge in [-0.1, -0.05) is 0 Å². The van der Waals surface area contributed by atoms with E-state index >= 15 is 0 Å². The number of hydrogen-bond acceptors (Lipinski definition) is 5. The number of imidazole rings is 1. The molecule has 0 saturated carbocycles. The van der Waals surface area contributed by atoms with E-state index < -0.39 is 0 Å². The smallest absolute Gasteiger partial charge is 0.203 e. The van der Waals surface area contributed by atoms with Crippen LogP contribution >= 0.6 is 0 Å². The highest BCUT2D eigenvalue weighted by atomic mass is 16.5. The summed E-state index contributed by atoms with van der Waals surface area (Å²) >= 11 is 0. The molecule has 0 atom stereocenters. The molecule has 0 saturated heterocycles. The van der Waals surface area contributed by atoms with E-state index in [4.69, 9.17) is 14.6 Å². The number of methoxy groups -OCH3 is 2. The number of aliphatic hydroxyl groups excluding tert-OH is 1. The highest BCUT2D eigenvalue weighted by molar-refractivity contribution is 5.81. The first-order valence-corrected chi connectivity index (χ1v) is 5.63. The largest absolute Gasteiger partial charge is 0.493 e. The quantitative estimate of drug-likeness (QED) is 0.830. The number of hydrogen-bond donors (Lipinski definition) is 2. The predicted molar refractivity (Wildman–Crippen MR) is 69.6 cm³/mol. The van der Waals surface area contributed by atoms with Crippen LogP contribution in [0, 0.1) is 0 Å². The van der Waals surface area contributed by atoms with Crippen molar-refractivity contribution in [2.75, 3.05) is 39.3 Å². The van der Waals surface area contributed by atoms with Crippen molar-refractivity contribution in [3.8, 4) is 11.5 Å². The zero-order chi connectivity index (χ0) is 13.1. The predicted octanol–water partition coefficient (Wildman–Crippen LogP) is 1.01. The highest BCUT2D eigenvalue weighted by Crippen LogP contribution is 2.31. The third-order valence-electron chi connectivity index (χ3n) is 2.77. The van der Waals surface area contributed by atoms with Crippen LogP contribution in [0.15, 0.2) is 12.1 Å². The summed E-state index contributed by atoms with van der Waals surface area (Å²) in [6.45, 7) is 0.605. The molecule has 18 heavy (non-hydrogen) atoms. The first kappa shape index (κ1) is 12.5. The zero-order valence-corrected chi connectivity index (χ0v) is 10.7. The molecule has 2 N–H and O–H groups in total. The van der Waals surface area contributed by atoms with E-state index in [0.717, 1.165) is 11.0 Å². The van der Waals surface area contributed by atoms with Gasteiger partial charge in [-0.15, -0.1) is 0 Å². The fourth-order valence-corrected chi connectivity index (χ4v) is 1.76. The minimum absolute atomic E-state index is 0.0835. The number of nitrogens with zero attached hydrogens (tertiary/aromatic N) is 2. The van der Waals surface area contributed by atoms with E-state index in [1.54, 1.807) is 14.2 Å². The Bertz CT molecular complexity index is 498. The van der Waals surface area contributed by atoms with Crippen molar-refractivity contribution in [1.29, 1.82) is 0 Å². The van der Waals surface area contributed by atoms with Crippen molar-refractivity contribution < 1.29 is 14.6 Å². The summed E-state index contributed by atoms with van der Waals surface area (Å²) in [7, 11) is 5.05. The lowest BCUT2D eigenvalue weighted by molar-refractivity contribution is 0.303. The molecule has 0 aliphatic carbocycles. The lowest BCUT2D eigenvalue weighted by Gasteiger charge is -2.12. The molecule has 0 fully saturated rings. The molecule has 0 amide bonds. The van der Waals surface area contributed by atoms with E-state index in [1.807, 2.05) is 24.1 Å². The van der Waals surface area contributed by atoms with Gasteiger partial charge in [-0.05, 0) is 0 Å². The Hall–Kier alpha value is -1.95. The van der Waals surface area contributed by atoms with Gasteiger partial charge in [0.15, 0.2) is 11.5 Å². The van der Waals surface area contributed by atoms with Gasteiger partial charge >= 0.3 is 0 Å². The average molecular weight is 251 g/mol. The van der Waals surface area contributed by atoms with Crippen molar-refractivity contribution in [3.63, 3.8) is 0 Å². The fraction of sp³-hybridized carbons (Fsp3) is 0.417. The molecular weight excluding hydrogens is 234 g/mol. The van der Waals surface area contributed by atoms with Crippen LogP contribution < -0.4 is 14.4 Å². The topological polar surface area (TPSA) is 70.6 Å². The zero-order valence-electron chi connectivity index (χ0n) is 10.7. The summed E-state index contributed by atoms with van der Waals surface area (Å²) in [5.41, 5.74) is 1.67. The monoisotopic (exact) mass is 251 g/mol. The van der Waals surface area contributed by atoms with Gasteiger partial charge in [-0.25, -0.2) is 4.98 Å². The molecule has 0 bridgehead atoms. The maximum Gasteiger partial charge on any atom is 0.203 e. The van der Waals surface area contributed by atoms with Gasteiger partial charge < -0.3 is 24.5 Å². The van der Waals surface area contributed by atoms with Crippen LogP contribution in [0.1, 0.15) is 0 Å². The van der Waals surface area contributed by atoms with Crippen LogP contribution in [0.5, 0.6) is 11.5 Å². The van der Waals surface area contributed by atoms with Gasteiger partial charge in [0.05, 0.1) is 31.9 Å². The van der Waals surface area contributed by atoms with Crippen LogP contribution in [0.2, 0.25) is 0 Å². The Morgan fingerprint density at radius 1 is 1.28 bits per heavy atom. The number of aromatic nitrogens is 2. The lowest BCUT2D eigenvalue weighted by atomic mass is 10.3. The standard InChI is InChI=1S/C12H17N3O3/c1-15(4-5-16)12-13-8-6-10(17-2)11(18-3)7-9(8)14-12/h6-7,16H,4-5H2,1-3H3,(H,13,14). The van der Waals surface area contributed by atoms with E-state index in [1.165, 1.54) is 0 Å². The van der Waals surface area contributed by atoms with Crippen molar-refractivity contribution >= 4 is 17.0 Å². The molecule has 0 radical (unpaired) electrons. The van der Waals surface area contributed by atoms with Crippen molar-refractivity contribution in [2.24, 2.45) is 0 Å². The van der Waals surface area contributed by atoms with Crippen molar-refractivity contribution in [1.82, 2.24) is 9.97 Å². The molecule has 1 aromatic carbocycles. The van der Waals surface area contributed by atoms with Crippen LogP contribution in [0.4, 0.5) is 5.95 Å². The molecule has 1 heterocycles. The van der Waals surface area contributed by atoms with Gasteiger partial charge in [0.1, 0.15) is 0 Å². The maximum absolute atomic E-state index is 8.91. The van der Waals surface area contributed by atoms with E-state index in [-0.39, 0.29) is 6.61 Å². The molecule has 1 aromatic heterocycles. The molecule has 6 heteroatoms. The SMILES string of the molecule is COc1cc2nc(N(C)CCO)[nH]c2cc1OC. The third-order valence-corrected chi connectivity index (χ3v) is 2.77. The van der Waals surface area contributed by atoms with Gasteiger partial charge in [0.25, 0.3) is 0 Å². The van der Waals surface area contributed by atoms with Crippen LogP contribution in [-0.2, 0) is 0 Å². The van der Waals surface area contributed by atoms with Gasteiger partial charge in [-0.3, -0.25) is 0 Å². The number of rotatable bonds is 5. The third kappa shape index (κ3) is 2.19. The van der Waals surface area contributed by atoms with Crippen LogP contribution in [0.3, 0.4) is 0 Å². The van der Waals surface area contributed by atoms with Crippen LogP contribution in [-0.4, -0.2) is 49.5 Å². The molecule has 2 rings (SSSR count). The van der Waals surface area contributed by atoms with Gasteiger partial charge in [0.2, 0.25) is 5.95 Å². The molecule has 2 aromatic rings. The fourth-order valence-electron chi connectivity index (χ4n) is 1.76. The Labute approximate surface area is 105 Å². The second-order valence-electron chi connectivity index (χ2n) is 3.93. The summed E-state index contributed by atoms with van der Waals surface area (Å²) < 4.78 is 10.5. The number of nitrogens with one attached hydrogen (secondary N) is 1. The molecule has 98 valence electrons. The van der Waals surface area contributed by atoms with Crippen molar-refractivity contribution in [3.05, 3.63) is 12.1 Å². The van der Waals surface area contributed by atoms with Gasteiger partial charge in [0, 0.05) is 25.7 Å². The van der Waals surface area contributed by atoms with E-state index in [0.29, 0.717) is 24.0 Å². The summed E-state index contributed by atoms with van der Waals surface area (Å²) in [4.78, 5) is 9.46.